The lowest BCUT2D eigenvalue weighted by atomic mass is 10.3. The van der Waals surface area contributed by atoms with Crippen LogP contribution in [0.15, 0.2) is 30.3 Å². The van der Waals surface area contributed by atoms with Crippen molar-refractivity contribution in [3.63, 3.8) is 0 Å². The second-order valence-electron chi connectivity index (χ2n) is 3.66. The van der Waals surface area contributed by atoms with Crippen molar-refractivity contribution in [2.75, 3.05) is 24.5 Å². The summed E-state index contributed by atoms with van der Waals surface area (Å²) in [6.07, 6.45) is 0. The lowest BCUT2D eigenvalue weighted by Crippen LogP contribution is -2.37. The van der Waals surface area contributed by atoms with Gasteiger partial charge in [0.2, 0.25) is 5.91 Å². The molecule has 3 amide bonds. The van der Waals surface area contributed by atoms with Crippen LogP contribution < -0.4 is 10.6 Å². The molecule has 2 rings (SSSR count). The molecular weight excluding hydrogens is 206 g/mol. The molecule has 0 saturated carbocycles. The van der Waals surface area contributed by atoms with Crippen LogP contribution in [0.2, 0.25) is 0 Å². The van der Waals surface area contributed by atoms with Crippen LogP contribution in [0, 0.1) is 0 Å². The minimum Gasteiger partial charge on any atom is -0.368 e. The molecule has 84 valence electrons. The minimum absolute atomic E-state index is 0.0117. The van der Waals surface area contributed by atoms with Gasteiger partial charge in [0, 0.05) is 18.8 Å². The topological polar surface area (TPSA) is 66.6 Å². The van der Waals surface area contributed by atoms with Crippen molar-refractivity contribution in [3.8, 4) is 0 Å². The molecule has 1 aliphatic rings. The number of benzene rings is 1. The maximum absolute atomic E-state index is 11.9. The summed E-state index contributed by atoms with van der Waals surface area (Å²) in [7, 11) is 0. The van der Waals surface area contributed by atoms with E-state index in [2.05, 4.69) is 0 Å². The van der Waals surface area contributed by atoms with E-state index in [0.717, 1.165) is 5.69 Å². The third-order valence-corrected chi connectivity index (χ3v) is 2.51. The first kappa shape index (κ1) is 10.5. The highest BCUT2D eigenvalue weighted by Gasteiger charge is 2.29. The number of carbonyl (C=O) groups is 2. The van der Waals surface area contributed by atoms with Gasteiger partial charge >= 0.3 is 6.03 Å². The molecule has 1 fully saturated rings. The Morgan fingerprint density at radius 1 is 1.25 bits per heavy atom. The molecule has 1 heterocycles. The summed E-state index contributed by atoms with van der Waals surface area (Å²) in [5, 5.41) is 0. The number of anilines is 1. The van der Waals surface area contributed by atoms with Gasteiger partial charge in [0.15, 0.2) is 0 Å². The van der Waals surface area contributed by atoms with E-state index < -0.39 is 5.91 Å². The van der Waals surface area contributed by atoms with Gasteiger partial charge in [-0.1, -0.05) is 18.2 Å². The number of primary amides is 1. The zero-order valence-electron chi connectivity index (χ0n) is 8.80. The highest BCUT2D eigenvalue weighted by Crippen LogP contribution is 2.19. The lowest BCUT2D eigenvalue weighted by Gasteiger charge is -2.17. The zero-order chi connectivity index (χ0) is 11.5. The predicted molar refractivity (Wildman–Crippen MR) is 60.0 cm³/mol. The smallest absolute Gasteiger partial charge is 0.325 e. The summed E-state index contributed by atoms with van der Waals surface area (Å²) in [5.74, 6) is -0.483. The van der Waals surface area contributed by atoms with E-state index in [9.17, 15) is 9.59 Å². The molecular formula is C11H13N3O2. The number of urea groups is 1. The Balaban J connectivity index is 2.11. The maximum atomic E-state index is 11.9. The predicted octanol–water partition coefficient (Wildman–Crippen LogP) is 0.414. The van der Waals surface area contributed by atoms with E-state index in [1.807, 2.05) is 30.3 Å². The van der Waals surface area contributed by atoms with Crippen LogP contribution in [0.25, 0.3) is 0 Å². The molecule has 0 bridgehead atoms. The summed E-state index contributed by atoms with van der Waals surface area (Å²) in [5.41, 5.74) is 5.91. The Morgan fingerprint density at radius 3 is 2.56 bits per heavy atom. The van der Waals surface area contributed by atoms with Crippen LogP contribution in [-0.2, 0) is 4.79 Å². The summed E-state index contributed by atoms with van der Waals surface area (Å²) in [6.45, 7) is 1.12. The zero-order valence-corrected chi connectivity index (χ0v) is 8.80. The van der Waals surface area contributed by atoms with E-state index in [1.165, 1.54) is 4.90 Å². The van der Waals surface area contributed by atoms with Gasteiger partial charge < -0.3 is 10.6 Å². The Morgan fingerprint density at radius 2 is 1.94 bits per heavy atom. The van der Waals surface area contributed by atoms with E-state index in [-0.39, 0.29) is 12.6 Å². The van der Waals surface area contributed by atoms with Crippen molar-refractivity contribution in [3.05, 3.63) is 30.3 Å². The van der Waals surface area contributed by atoms with E-state index in [1.54, 1.807) is 4.90 Å². The number of hydrogen-bond donors (Lipinski definition) is 1. The second-order valence-corrected chi connectivity index (χ2v) is 3.66. The lowest BCUT2D eigenvalue weighted by molar-refractivity contribution is -0.118. The average molecular weight is 219 g/mol. The molecule has 1 saturated heterocycles. The highest BCUT2D eigenvalue weighted by atomic mass is 16.2. The van der Waals surface area contributed by atoms with Crippen molar-refractivity contribution in [2.24, 2.45) is 5.73 Å². The Bertz CT molecular complexity index is 405. The second kappa shape index (κ2) is 4.22. The van der Waals surface area contributed by atoms with Gasteiger partial charge in [-0.2, -0.15) is 0 Å². The third-order valence-electron chi connectivity index (χ3n) is 2.51. The van der Waals surface area contributed by atoms with Gasteiger partial charge in [0.1, 0.15) is 6.54 Å². The number of carbonyl (C=O) groups excluding carboxylic acids is 2. The summed E-state index contributed by atoms with van der Waals surface area (Å²) in [6, 6.07) is 9.21. The van der Waals surface area contributed by atoms with Crippen molar-refractivity contribution < 1.29 is 9.59 Å². The van der Waals surface area contributed by atoms with Crippen LogP contribution in [0.1, 0.15) is 0 Å². The fraction of sp³-hybridized carbons (Fsp3) is 0.273. The molecule has 1 aliphatic heterocycles. The molecule has 0 unspecified atom stereocenters. The first-order valence-electron chi connectivity index (χ1n) is 5.08. The number of rotatable bonds is 3. The van der Waals surface area contributed by atoms with Gasteiger partial charge in [0.25, 0.3) is 0 Å². The number of nitrogens with zero attached hydrogens (tertiary/aromatic N) is 2. The van der Waals surface area contributed by atoms with Crippen LogP contribution in [0.4, 0.5) is 10.5 Å². The standard InChI is InChI=1S/C11H13N3O2/c12-10(15)8-13-6-7-14(11(13)16)9-4-2-1-3-5-9/h1-5H,6-8H2,(H2,12,15). The SMILES string of the molecule is NC(=O)CN1CCN(c2ccccc2)C1=O. The van der Waals surface area contributed by atoms with Crippen molar-refractivity contribution in [1.29, 1.82) is 0 Å². The molecule has 16 heavy (non-hydrogen) atoms. The molecule has 0 aromatic heterocycles. The molecule has 1 aromatic carbocycles. The maximum Gasteiger partial charge on any atom is 0.325 e. The van der Waals surface area contributed by atoms with Crippen LogP contribution >= 0.6 is 0 Å². The summed E-state index contributed by atoms with van der Waals surface area (Å²) < 4.78 is 0. The molecule has 0 radical (unpaired) electrons. The molecule has 2 N–H and O–H groups in total. The fourth-order valence-electron chi connectivity index (χ4n) is 1.76. The molecule has 0 atom stereocenters. The largest absolute Gasteiger partial charge is 0.368 e. The van der Waals surface area contributed by atoms with Crippen LogP contribution in [-0.4, -0.2) is 36.5 Å². The van der Waals surface area contributed by atoms with Crippen LogP contribution in [0.3, 0.4) is 0 Å². The van der Waals surface area contributed by atoms with E-state index >= 15 is 0 Å². The third kappa shape index (κ3) is 1.98. The quantitative estimate of drug-likeness (QED) is 0.800. The first-order chi connectivity index (χ1) is 7.68. The molecule has 0 aliphatic carbocycles. The molecule has 0 spiro atoms. The average Bonchev–Trinajstić information content (AvgIpc) is 2.61. The monoisotopic (exact) mass is 219 g/mol. The number of para-hydroxylation sites is 1. The Hall–Kier alpha value is -2.04. The minimum atomic E-state index is -0.483. The normalized spacial score (nSPS) is 15.6. The molecule has 5 heteroatoms. The summed E-state index contributed by atoms with van der Waals surface area (Å²) in [4.78, 5) is 25.7. The van der Waals surface area contributed by atoms with Crippen molar-refractivity contribution >= 4 is 17.6 Å². The summed E-state index contributed by atoms with van der Waals surface area (Å²) >= 11 is 0. The highest BCUT2D eigenvalue weighted by molar-refractivity contribution is 5.96. The van der Waals surface area contributed by atoms with Gasteiger partial charge in [0.05, 0.1) is 0 Å². The Labute approximate surface area is 93.4 Å². The van der Waals surface area contributed by atoms with Crippen molar-refractivity contribution in [2.45, 2.75) is 0 Å². The van der Waals surface area contributed by atoms with E-state index in [4.69, 9.17) is 5.73 Å². The molecule has 1 aromatic rings. The van der Waals surface area contributed by atoms with Crippen LogP contribution in [0.5, 0.6) is 0 Å². The number of nitrogens with two attached hydrogens (primary N) is 1. The first-order valence-corrected chi connectivity index (χ1v) is 5.08. The Kier molecular flexibility index (Phi) is 2.76. The number of hydrogen-bond acceptors (Lipinski definition) is 2. The molecule has 5 nitrogen and oxygen atoms in total. The van der Waals surface area contributed by atoms with E-state index in [0.29, 0.717) is 13.1 Å². The van der Waals surface area contributed by atoms with Gasteiger partial charge in [-0.15, -0.1) is 0 Å². The fourth-order valence-corrected chi connectivity index (χ4v) is 1.76. The van der Waals surface area contributed by atoms with Gasteiger partial charge in [-0.3, -0.25) is 9.69 Å². The number of amides is 3. The van der Waals surface area contributed by atoms with Gasteiger partial charge in [-0.05, 0) is 12.1 Å². The van der Waals surface area contributed by atoms with Gasteiger partial charge in [-0.25, -0.2) is 4.79 Å². The van der Waals surface area contributed by atoms with Crippen molar-refractivity contribution in [1.82, 2.24) is 4.90 Å².